The molecular formula is C9H17N5O3S. The van der Waals surface area contributed by atoms with E-state index in [9.17, 15) is 13.2 Å². The Kier molecular flexibility index (Phi) is 5.23. The number of amides is 1. The van der Waals surface area contributed by atoms with Crippen LogP contribution >= 0.6 is 0 Å². The van der Waals surface area contributed by atoms with Crippen LogP contribution in [0.4, 0.5) is 0 Å². The SMILES string of the molecule is CCS(=O)(=O)CCn1cc(CNC(=O)CN)nn1. The van der Waals surface area contributed by atoms with Gasteiger partial charge in [0, 0.05) is 5.75 Å². The third-order valence-corrected chi connectivity index (χ3v) is 3.99. The zero-order valence-electron chi connectivity index (χ0n) is 10.2. The number of sulfone groups is 1. The standard InChI is InChI=1S/C9H17N5O3S/c1-2-18(16,17)4-3-14-7-8(12-13-14)6-11-9(15)5-10/h7H,2-6,10H2,1H3,(H,11,15). The zero-order chi connectivity index (χ0) is 13.6. The lowest BCUT2D eigenvalue weighted by molar-refractivity contribution is -0.119. The maximum absolute atomic E-state index is 11.3. The van der Waals surface area contributed by atoms with Crippen molar-refractivity contribution in [3.63, 3.8) is 0 Å². The van der Waals surface area contributed by atoms with E-state index in [1.165, 1.54) is 4.68 Å². The predicted octanol–water partition coefficient (Wildman–Crippen LogP) is -1.71. The second kappa shape index (κ2) is 6.45. The van der Waals surface area contributed by atoms with E-state index in [0.29, 0.717) is 5.69 Å². The van der Waals surface area contributed by atoms with Gasteiger partial charge in [-0.3, -0.25) is 9.48 Å². The predicted molar refractivity (Wildman–Crippen MR) is 65.3 cm³/mol. The monoisotopic (exact) mass is 275 g/mol. The van der Waals surface area contributed by atoms with Gasteiger partial charge in [0.2, 0.25) is 5.91 Å². The summed E-state index contributed by atoms with van der Waals surface area (Å²) in [5.41, 5.74) is 5.69. The second-order valence-electron chi connectivity index (χ2n) is 3.69. The number of aryl methyl sites for hydroxylation is 1. The molecule has 0 radical (unpaired) electrons. The molecule has 1 amide bonds. The van der Waals surface area contributed by atoms with Crippen molar-refractivity contribution in [2.45, 2.75) is 20.0 Å². The van der Waals surface area contributed by atoms with Gasteiger partial charge in [0.05, 0.1) is 31.6 Å². The largest absolute Gasteiger partial charge is 0.349 e. The number of carbonyl (C=O) groups excluding carboxylic acids is 1. The first-order chi connectivity index (χ1) is 8.46. The number of hydrogen-bond donors (Lipinski definition) is 2. The summed E-state index contributed by atoms with van der Waals surface area (Å²) in [5, 5.41) is 10.1. The Balaban J connectivity index is 2.46. The molecule has 0 saturated carbocycles. The molecule has 0 aromatic carbocycles. The lowest BCUT2D eigenvalue weighted by atomic mass is 10.4. The Hall–Kier alpha value is -1.48. The maximum Gasteiger partial charge on any atom is 0.234 e. The summed E-state index contributed by atoms with van der Waals surface area (Å²) >= 11 is 0. The van der Waals surface area contributed by atoms with Crippen LogP contribution in [-0.2, 0) is 27.7 Å². The first kappa shape index (κ1) is 14.6. The van der Waals surface area contributed by atoms with Crippen molar-refractivity contribution in [1.82, 2.24) is 20.3 Å². The molecule has 1 aromatic rings. The van der Waals surface area contributed by atoms with Crippen molar-refractivity contribution in [2.24, 2.45) is 5.73 Å². The number of nitrogens with one attached hydrogen (secondary N) is 1. The average molecular weight is 275 g/mol. The highest BCUT2D eigenvalue weighted by Crippen LogP contribution is 1.96. The minimum Gasteiger partial charge on any atom is -0.349 e. The van der Waals surface area contributed by atoms with Crippen molar-refractivity contribution < 1.29 is 13.2 Å². The fraction of sp³-hybridized carbons (Fsp3) is 0.667. The zero-order valence-corrected chi connectivity index (χ0v) is 11.0. The van der Waals surface area contributed by atoms with E-state index in [-0.39, 0.29) is 37.0 Å². The summed E-state index contributed by atoms with van der Waals surface area (Å²) in [4.78, 5) is 10.9. The number of carbonyl (C=O) groups is 1. The smallest absolute Gasteiger partial charge is 0.234 e. The molecule has 0 aliphatic heterocycles. The fourth-order valence-corrected chi connectivity index (χ4v) is 1.92. The molecule has 0 saturated heterocycles. The molecule has 8 nitrogen and oxygen atoms in total. The van der Waals surface area contributed by atoms with Gasteiger partial charge in [-0.15, -0.1) is 5.10 Å². The van der Waals surface area contributed by atoms with Crippen molar-refractivity contribution in [1.29, 1.82) is 0 Å². The van der Waals surface area contributed by atoms with Crippen LogP contribution in [0.1, 0.15) is 12.6 Å². The molecule has 1 heterocycles. The van der Waals surface area contributed by atoms with Crippen LogP contribution in [0.3, 0.4) is 0 Å². The molecule has 1 rings (SSSR count). The van der Waals surface area contributed by atoms with Crippen LogP contribution in [0.15, 0.2) is 6.20 Å². The Bertz CT molecular complexity index is 496. The van der Waals surface area contributed by atoms with E-state index in [1.54, 1.807) is 13.1 Å². The Morgan fingerprint density at radius 1 is 1.56 bits per heavy atom. The Morgan fingerprint density at radius 2 is 2.28 bits per heavy atom. The highest BCUT2D eigenvalue weighted by atomic mass is 32.2. The van der Waals surface area contributed by atoms with Gasteiger partial charge in [0.25, 0.3) is 0 Å². The summed E-state index contributed by atoms with van der Waals surface area (Å²) in [6.45, 7) is 2.01. The normalized spacial score (nSPS) is 11.4. The van der Waals surface area contributed by atoms with Gasteiger partial charge >= 0.3 is 0 Å². The van der Waals surface area contributed by atoms with Crippen molar-refractivity contribution in [3.8, 4) is 0 Å². The van der Waals surface area contributed by atoms with E-state index in [2.05, 4.69) is 15.6 Å². The molecule has 0 spiro atoms. The van der Waals surface area contributed by atoms with Gasteiger partial charge in [0.15, 0.2) is 9.84 Å². The van der Waals surface area contributed by atoms with Crippen molar-refractivity contribution in [3.05, 3.63) is 11.9 Å². The quantitative estimate of drug-likeness (QED) is 0.611. The van der Waals surface area contributed by atoms with Gasteiger partial charge in [0.1, 0.15) is 5.69 Å². The van der Waals surface area contributed by atoms with Gasteiger partial charge in [-0.2, -0.15) is 0 Å². The highest BCUT2D eigenvalue weighted by molar-refractivity contribution is 7.91. The topological polar surface area (TPSA) is 120 Å². The molecule has 9 heteroatoms. The number of nitrogens with two attached hydrogens (primary N) is 1. The lowest BCUT2D eigenvalue weighted by Crippen LogP contribution is -2.29. The van der Waals surface area contributed by atoms with Crippen LogP contribution in [0.5, 0.6) is 0 Å². The molecule has 0 bridgehead atoms. The molecular weight excluding hydrogens is 258 g/mol. The average Bonchev–Trinajstić information content (AvgIpc) is 2.81. The van der Waals surface area contributed by atoms with Crippen LogP contribution in [-0.4, -0.2) is 47.4 Å². The van der Waals surface area contributed by atoms with Crippen LogP contribution in [0.25, 0.3) is 0 Å². The number of rotatable bonds is 7. The highest BCUT2D eigenvalue weighted by Gasteiger charge is 2.09. The van der Waals surface area contributed by atoms with Gasteiger partial charge in [-0.05, 0) is 0 Å². The van der Waals surface area contributed by atoms with E-state index in [1.807, 2.05) is 0 Å². The minimum absolute atomic E-state index is 0.0292. The van der Waals surface area contributed by atoms with E-state index in [4.69, 9.17) is 5.73 Å². The third-order valence-electron chi connectivity index (χ3n) is 2.31. The molecule has 0 atom stereocenters. The van der Waals surface area contributed by atoms with Crippen LogP contribution in [0.2, 0.25) is 0 Å². The maximum atomic E-state index is 11.3. The van der Waals surface area contributed by atoms with Gasteiger partial charge in [-0.1, -0.05) is 12.1 Å². The Morgan fingerprint density at radius 3 is 2.89 bits per heavy atom. The van der Waals surface area contributed by atoms with Crippen LogP contribution in [0, 0.1) is 0 Å². The van der Waals surface area contributed by atoms with Gasteiger partial charge in [-0.25, -0.2) is 8.42 Å². The molecule has 18 heavy (non-hydrogen) atoms. The first-order valence-electron chi connectivity index (χ1n) is 5.53. The van der Waals surface area contributed by atoms with Crippen LogP contribution < -0.4 is 11.1 Å². The van der Waals surface area contributed by atoms with E-state index < -0.39 is 9.84 Å². The van der Waals surface area contributed by atoms with Crippen molar-refractivity contribution in [2.75, 3.05) is 18.1 Å². The lowest BCUT2D eigenvalue weighted by Gasteiger charge is -2.00. The number of hydrogen-bond acceptors (Lipinski definition) is 6. The second-order valence-corrected chi connectivity index (χ2v) is 6.16. The first-order valence-corrected chi connectivity index (χ1v) is 7.35. The van der Waals surface area contributed by atoms with Gasteiger partial charge < -0.3 is 11.1 Å². The molecule has 0 aliphatic carbocycles. The minimum atomic E-state index is -3.01. The number of aromatic nitrogens is 3. The summed E-state index contributed by atoms with van der Waals surface area (Å²) in [6.07, 6.45) is 1.60. The van der Waals surface area contributed by atoms with Crippen molar-refractivity contribution >= 4 is 15.7 Å². The van der Waals surface area contributed by atoms with E-state index in [0.717, 1.165) is 0 Å². The molecule has 1 aromatic heterocycles. The molecule has 102 valence electrons. The summed E-state index contributed by atoms with van der Waals surface area (Å²) in [6, 6.07) is 0. The molecule has 0 fully saturated rings. The summed E-state index contributed by atoms with van der Waals surface area (Å²) < 4.78 is 24.0. The molecule has 0 unspecified atom stereocenters. The fourth-order valence-electron chi connectivity index (χ4n) is 1.17. The number of nitrogens with zero attached hydrogens (tertiary/aromatic N) is 3. The Labute approximate surface area is 105 Å². The molecule has 0 aliphatic rings. The third kappa shape index (κ3) is 4.80. The summed E-state index contributed by atoms with van der Waals surface area (Å²) in [7, 11) is -3.01. The van der Waals surface area contributed by atoms with E-state index >= 15 is 0 Å². The summed E-state index contributed by atoms with van der Waals surface area (Å²) in [5.74, 6) is -0.138. The molecule has 3 N–H and O–H groups in total.